The van der Waals surface area contributed by atoms with E-state index >= 15 is 0 Å². The molecule has 0 saturated heterocycles. The number of nitrogens with zero attached hydrogens (tertiary/aromatic N) is 6. The van der Waals surface area contributed by atoms with E-state index in [4.69, 9.17) is 9.47 Å². The van der Waals surface area contributed by atoms with Gasteiger partial charge in [0.2, 0.25) is 5.88 Å². The smallest absolute Gasteiger partial charge is 0.344 e. The van der Waals surface area contributed by atoms with E-state index in [1.165, 1.54) is 23.1 Å². The summed E-state index contributed by atoms with van der Waals surface area (Å²) in [5.41, 5.74) is 2.26. The van der Waals surface area contributed by atoms with Crippen LogP contribution in [0.5, 0.6) is 11.6 Å². The average Bonchev–Trinajstić information content (AvgIpc) is 3.18. The first-order chi connectivity index (χ1) is 16.4. The summed E-state index contributed by atoms with van der Waals surface area (Å²) in [7, 11) is 0. The van der Waals surface area contributed by atoms with E-state index in [9.17, 15) is 9.59 Å². The number of hydrogen-bond donors (Lipinski definition) is 1. The number of nitrogens with one attached hydrogen (secondary N) is 1. The first-order valence-electron chi connectivity index (χ1n) is 10.3. The number of aryl methyl sites for hydroxylation is 3. The lowest BCUT2D eigenvalue weighted by atomic mass is 10.3. The van der Waals surface area contributed by atoms with Gasteiger partial charge in [0.05, 0.1) is 11.9 Å². The quantitative estimate of drug-likeness (QED) is 0.414. The predicted molar refractivity (Wildman–Crippen MR) is 121 cm³/mol. The van der Waals surface area contributed by atoms with E-state index in [-0.39, 0.29) is 11.4 Å². The van der Waals surface area contributed by atoms with E-state index in [0.29, 0.717) is 23.2 Å². The number of pyridine rings is 2. The number of rotatable bonds is 7. The van der Waals surface area contributed by atoms with Crippen molar-refractivity contribution in [3.63, 3.8) is 0 Å². The minimum absolute atomic E-state index is 0.0431. The van der Waals surface area contributed by atoms with E-state index in [2.05, 4.69) is 30.4 Å². The highest BCUT2D eigenvalue weighted by Crippen LogP contribution is 2.22. The van der Waals surface area contributed by atoms with Crippen LogP contribution in [-0.2, 0) is 9.53 Å². The van der Waals surface area contributed by atoms with Gasteiger partial charge >= 0.3 is 5.97 Å². The van der Waals surface area contributed by atoms with E-state index in [1.807, 2.05) is 19.9 Å². The Labute approximate surface area is 194 Å². The first-order valence-corrected chi connectivity index (χ1v) is 10.3. The number of carbonyl (C=O) groups is 2. The lowest BCUT2D eigenvalue weighted by Crippen LogP contribution is -2.23. The standard InChI is InChI=1S/C23H21N7O4/c1-14-10-15(2)27-23(26-14)30-19(11-16(3)29-30)28-20(31)13-33-22(32)18-7-5-9-25-21(18)34-17-6-4-8-24-12-17/h4-12H,13H2,1-3H3,(H,28,31). The molecule has 4 aromatic rings. The molecule has 0 atom stereocenters. The fourth-order valence-electron chi connectivity index (χ4n) is 3.08. The van der Waals surface area contributed by atoms with Crippen molar-refractivity contribution >= 4 is 17.7 Å². The SMILES string of the molecule is Cc1cc(C)nc(-n2nc(C)cc2NC(=O)COC(=O)c2cccnc2Oc2cccnc2)n1. The largest absolute Gasteiger partial charge is 0.452 e. The fraction of sp³-hybridized carbons (Fsp3) is 0.174. The molecular weight excluding hydrogens is 438 g/mol. The molecule has 11 nitrogen and oxygen atoms in total. The summed E-state index contributed by atoms with van der Waals surface area (Å²) >= 11 is 0. The lowest BCUT2D eigenvalue weighted by molar-refractivity contribution is -0.119. The number of ether oxygens (including phenoxy) is 2. The molecule has 4 heterocycles. The van der Waals surface area contributed by atoms with Crippen molar-refractivity contribution in [2.24, 2.45) is 0 Å². The second-order valence-electron chi connectivity index (χ2n) is 7.30. The molecule has 0 fully saturated rings. The molecule has 34 heavy (non-hydrogen) atoms. The molecule has 0 aliphatic heterocycles. The van der Waals surface area contributed by atoms with Gasteiger partial charge in [-0.05, 0) is 51.1 Å². The van der Waals surface area contributed by atoms with Crippen molar-refractivity contribution in [1.82, 2.24) is 29.7 Å². The lowest BCUT2D eigenvalue weighted by Gasteiger charge is -2.11. The molecule has 0 aliphatic rings. The average molecular weight is 459 g/mol. The minimum Gasteiger partial charge on any atom is -0.452 e. The van der Waals surface area contributed by atoms with Crippen LogP contribution in [-0.4, -0.2) is 48.2 Å². The summed E-state index contributed by atoms with van der Waals surface area (Å²) in [5.74, 6) is -0.190. The maximum absolute atomic E-state index is 12.6. The van der Waals surface area contributed by atoms with Crippen LogP contribution in [0, 0.1) is 20.8 Å². The van der Waals surface area contributed by atoms with E-state index in [1.54, 1.807) is 37.4 Å². The van der Waals surface area contributed by atoms with Crippen LogP contribution in [0.2, 0.25) is 0 Å². The molecule has 1 amide bonds. The molecule has 4 aromatic heterocycles. The summed E-state index contributed by atoms with van der Waals surface area (Å²) < 4.78 is 12.2. The summed E-state index contributed by atoms with van der Waals surface area (Å²) in [6, 6.07) is 9.93. The Morgan fingerprint density at radius 1 is 1.00 bits per heavy atom. The van der Waals surface area contributed by atoms with Crippen LogP contribution >= 0.6 is 0 Å². The fourth-order valence-corrected chi connectivity index (χ4v) is 3.08. The number of aromatic nitrogens is 6. The van der Waals surface area contributed by atoms with Gasteiger partial charge in [-0.15, -0.1) is 0 Å². The van der Waals surface area contributed by atoms with Gasteiger partial charge in [0.15, 0.2) is 6.61 Å². The highest BCUT2D eigenvalue weighted by Gasteiger charge is 2.19. The topological polar surface area (TPSA) is 134 Å². The Morgan fingerprint density at radius 3 is 2.50 bits per heavy atom. The first kappa shape index (κ1) is 22.5. The van der Waals surface area contributed by atoms with Crippen molar-refractivity contribution in [3.05, 3.63) is 77.6 Å². The van der Waals surface area contributed by atoms with E-state index < -0.39 is 18.5 Å². The van der Waals surface area contributed by atoms with Crippen LogP contribution in [0.4, 0.5) is 5.82 Å². The summed E-state index contributed by atoms with van der Waals surface area (Å²) in [5, 5.41) is 7.03. The Bertz CT molecular complexity index is 1320. The molecule has 0 saturated carbocycles. The van der Waals surface area contributed by atoms with Crippen LogP contribution in [0.25, 0.3) is 5.95 Å². The zero-order valence-corrected chi connectivity index (χ0v) is 18.7. The molecule has 1 N–H and O–H groups in total. The molecular formula is C23H21N7O4. The number of esters is 1. The maximum Gasteiger partial charge on any atom is 0.344 e. The minimum atomic E-state index is -0.760. The van der Waals surface area contributed by atoms with Gasteiger partial charge < -0.3 is 14.8 Å². The summed E-state index contributed by atoms with van der Waals surface area (Å²) in [4.78, 5) is 41.9. The van der Waals surface area contributed by atoms with Crippen molar-refractivity contribution in [2.45, 2.75) is 20.8 Å². The third kappa shape index (κ3) is 5.38. The molecule has 0 aliphatic carbocycles. The van der Waals surface area contributed by atoms with Crippen molar-refractivity contribution < 1.29 is 19.1 Å². The number of amides is 1. The van der Waals surface area contributed by atoms with Crippen molar-refractivity contribution in [1.29, 1.82) is 0 Å². The molecule has 0 radical (unpaired) electrons. The second kappa shape index (κ2) is 9.86. The van der Waals surface area contributed by atoms with Crippen LogP contribution < -0.4 is 10.1 Å². The van der Waals surface area contributed by atoms with Gasteiger partial charge in [-0.25, -0.2) is 19.7 Å². The highest BCUT2D eigenvalue weighted by atomic mass is 16.5. The monoisotopic (exact) mass is 459 g/mol. The normalized spacial score (nSPS) is 10.6. The Morgan fingerprint density at radius 2 is 1.76 bits per heavy atom. The van der Waals surface area contributed by atoms with Crippen LogP contribution in [0.3, 0.4) is 0 Å². The van der Waals surface area contributed by atoms with Gasteiger partial charge in [0, 0.05) is 29.8 Å². The molecule has 0 bridgehead atoms. The second-order valence-corrected chi connectivity index (χ2v) is 7.30. The van der Waals surface area contributed by atoms with Gasteiger partial charge in [-0.3, -0.25) is 9.78 Å². The van der Waals surface area contributed by atoms with Gasteiger partial charge in [0.25, 0.3) is 11.9 Å². The Hall–Kier alpha value is -4.67. The molecule has 11 heteroatoms. The van der Waals surface area contributed by atoms with Crippen LogP contribution in [0.1, 0.15) is 27.4 Å². The van der Waals surface area contributed by atoms with Gasteiger partial charge in [-0.2, -0.15) is 9.78 Å². The van der Waals surface area contributed by atoms with Crippen molar-refractivity contribution in [2.75, 3.05) is 11.9 Å². The number of carbonyl (C=O) groups excluding carboxylic acids is 2. The number of hydrogen-bond acceptors (Lipinski definition) is 9. The molecule has 172 valence electrons. The Kier molecular flexibility index (Phi) is 6.53. The van der Waals surface area contributed by atoms with Gasteiger partial charge in [-0.1, -0.05) is 0 Å². The zero-order valence-electron chi connectivity index (χ0n) is 18.7. The Balaban J connectivity index is 1.43. The zero-order chi connectivity index (χ0) is 24.1. The highest BCUT2D eigenvalue weighted by molar-refractivity contribution is 5.96. The third-order valence-corrected chi connectivity index (χ3v) is 4.43. The molecule has 0 aromatic carbocycles. The number of anilines is 1. The predicted octanol–water partition coefficient (Wildman–Crippen LogP) is 2.97. The van der Waals surface area contributed by atoms with Crippen molar-refractivity contribution in [3.8, 4) is 17.6 Å². The van der Waals surface area contributed by atoms with Crippen LogP contribution in [0.15, 0.2) is 55.0 Å². The molecule has 4 rings (SSSR count). The van der Waals surface area contributed by atoms with E-state index in [0.717, 1.165) is 11.4 Å². The van der Waals surface area contributed by atoms with Gasteiger partial charge in [0.1, 0.15) is 17.1 Å². The molecule has 0 unspecified atom stereocenters. The maximum atomic E-state index is 12.6. The summed E-state index contributed by atoms with van der Waals surface area (Å²) in [6.45, 7) is 4.94. The third-order valence-electron chi connectivity index (χ3n) is 4.43. The summed E-state index contributed by atoms with van der Waals surface area (Å²) in [6.07, 6.45) is 4.56. The molecule has 0 spiro atoms.